The van der Waals surface area contributed by atoms with Crippen molar-refractivity contribution in [3.8, 4) is 11.1 Å². The SMILES string of the molecule is CCO[C@H](C(=O)O)c1c(C)nc2sc3c(c2c1-c1ccc2scnc2c1)CCCC3. The molecule has 0 radical (unpaired) electrons. The fourth-order valence-electron chi connectivity index (χ4n) is 4.49. The van der Waals surface area contributed by atoms with Gasteiger partial charge in [-0.2, -0.15) is 0 Å². The summed E-state index contributed by atoms with van der Waals surface area (Å²) in [5.41, 5.74) is 7.43. The molecule has 5 rings (SSSR count). The standard InChI is InChI=1S/C23H22N2O3S2/c1-3-28-21(23(26)27)18-12(2)25-22-20(14-6-4-5-7-16(14)30-22)19(18)13-8-9-17-15(10-13)24-11-29-17/h8-11,21H,3-7H2,1-2H3,(H,26,27)/t21-/m0/s1. The molecule has 0 saturated heterocycles. The molecule has 3 heterocycles. The van der Waals surface area contributed by atoms with Gasteiger partial charge in [-0.1, -0.05) is 6.07 Å². The van der Waals surface area contributed by atoms with E-state index in [0.717, 1.165) is 56.5 Å². The Hall–Kier alpha value is -2.35. The van der Waals surface area contributed by atoms with Crippen LogP contribution in [0.3, 0.4) is 0 Å². The highest BCUT2D eigenvalue weighted by atomic mass is 32.1. The van der Waals surface area contributed by atoms with E-state index in [2.05, 4.69) is 23.2 Å². The molecule has 1 aliphatic rings. The predicted molar refractivity (Wildman–Crippen MR) is 122 cm³/mol. The van der Waals surface area contributed by atoms with Crippen molar-refractivity contribution in [3.63, 3.8) is 0 Å². The molecule has 1 N–H and O–H groups in total. The molecule has 0 bridgehead atoms. The third-order valence-corrected chi connectivity index (χ3v) is 7.77. The molecular formula is C23H22N2O3S2. The van der Waals surface area contributed by atoms with Gasteiger partial charge in [-0.15, -0.1) is 22.7 Å². The monoisotopic (exact) mass is 438 g/mol. The first-order chi connectivity index (χ1) is 14.6. The molecule has 0 aliphatic heterocycles. The number of thiazole rings is 1. The average Bonchev–Trinajstić information content (AvgIpc) is 3.34. The summed E-state index contributed by atoms with van der Waals surface area (Å²) in [5, 5.41) is 11.1. The van der Waals surface area contributed by atoms with E-state index in [1.54, 1.807) is 22.7 Å². The highest BCUT2D eigenvalue weighted by Gasteiger charge is 2.31. The summed E-state index contributed by atoms with van der Waals surface area (Å²) in [7, 11) is 0. The number of hydrogen-bond donors (Lipinski definition) is 1. The lowest BCUT2D eigenvalue weighted by molar-refractivity contribution is -0.150. The molecule has 5 nitrogen and oxygen atoms in total. The second kappa shape index (κ2) is 7.72. The number of benzene rings is 1. The van der Waals surface area contributed by atoms with Crippen LogP contribution in [-0.4, -0.2) is 27.7 Å². The third kappa shape index (κ3) is 3.12. The summed E-state index contributed by atoms with van der Waals surface area (Å²) in [6.07, 6.45) is 3.39. The second-order valence-corrected chi connectivity index (χ2v) is 9.56. The van der Waals surface area contributed by atoms with E-state index >= 15 is 0 Å². The maximum atomic E-state index is 12.2. The van der Waals surface area contributed by atoms with Gasteiger partial charge in [0.05, 0.1) is 15.7 Å². The maximum Gasteiger partial charge on any atom is 0.337 e. The van der Waals surface area contributed by atoms with Gasteiger partial charge in [0, 0.05) is 33.7 Å². The number of carbonyl (C=O) groups is 1. The number of nitrogens with zero attached hydrogens (tertiary/aromatic N) is 2. The molecular weight excluding hydrogens is 416 g/mol. The van der Waals surface area contributed by atoms with Crippen molar-refractivity contribution in [1.82, 2.24) is 9.97 Å². The van der Waals surface area contributed by atoms with Crippen LogP contribution in [0.25, 0.3) is 31.6 Å². The first-order valence-corrected chi connectivity index (χ1v) is 11.9. The van der Waals surface area contributed by atoms with E-state index < -0.39 is 12.1 Å². The summed E-state index contributed by atoms with van der Waals surface area (Å²) >= 11 is 3.36. The lowest BCUT2D eigenvalue weighted by atomic mass is 9.88. The lowest BCUT2D eigenvalue weighted by Gasteiger charge is -2.21. The Kier molecular flexibility index (Phi) is 5.05. The van der Waals surface area contributed by atoms with Gasteiger partial charge >= 0.3 is 5.97 Å². The number of aromatic nitrogens is 2. The van der Waals surface area contributed by atoms with Crippen LogP contribution in [0.1, 0.15) is 47.6 Å². The largest absolute Gasteiger partial charge is 0.479 e. The van der Waals surface area contributed by atoms with E-state index in [1.165, 1.54) is 16.9 Å². The number of aryl methyl sites for hydroxylation is 3. The molecule has 4 aromatic rings. The summed E-state index contributed by atoms with van der Waals surface area (Å²) in [4.78, 5) is 23.9. The molecule has 0 fully saturated rings. The number of aliphatic carboxylic acids is 1. The summed E-state index contributed by atoms with van der Waals surface area (Å²) in [6, 6.07) is 6.22. The van der Waals surface area contributed by atoms with E-state index in [9.17, 15) is 9.90 Å². The van der Waals surface area contributed by atoms with Crippen molar-refractivity contribution in [3.05, 3.63) is 45.4 Å². The fourth-order valence-corrected chi connectivity index (χ4v) is 6.47. The zero-order valence-electron chi connectivity index (χ0n) is 16.9. The number of carboxylic acid groups (broad SMARTS) is 1. The van der Waals surface area contributed by atoms with Crippen molar-refractivity contribution >= 4 is 49.1 Å². The van der Waals surface area contributed by atoms with E-state index in [0.29, 0.717) is 12.2 Å². The highest BCUT2D eigenvalue weighted by molar-refractivity contribution is 7.19. The Bertz CT molecular complexity index is 1270. The number of ether oxygens (including phenoxy) is 1. The van der Waals surface area contributed by atoms with Gasteiger partial charge in [0.25, 0.3) is 0 Å². The van der Waals surface area contributed by atoms with Crippen LogP contribution < -0.4 is 0 Å². The van der Waals surface area contributed by atoms with Crippen LogP contribution in [0.2, 0.25) is 0 Å². The molecule has 0 unspecified atom stereocenters. The molecule has 0 saturated carbocycles. The molecule has 1 aromatic carbocycles. The predicted octanol–water partition coefficient (Wildman–Crippen LogP) is 5.92. The first-order valence-electron chi connectivity index (χ1n) is 10.2. The highest BCUT2D eigenvalue weighted by Crippen LogP contribution is 2.45. The van der Waals surface area contributed by atoms with Crippen LogP contribution in [0, 0.1) is 6.92 Å². The Labute approximate surface area is 182 Å². The van der Waals surface area contributed by atoms with Crippen molar-refractivity contribution < 1.29 is 14.6 Å². The quantitative estimate of drug-likeness (QED) is 0.419. The van der Waals surface area contributed by atoms with E-state index in [1.807, 2.05) is 19.4 Å². The topological polar surface area (TPSA) is 72.3 Å². The van der Waals surface area contributed by atoms with Gasteiger partial charge in [-0.25, -0.2) is 14.8 Å². The number of thiophene rings is 1. The van der Waals surface area contributed by atoms with Crippen LogP contribution >= 0.6 is 22.7 Å². The number of carboxylic acids is 1. The van der Waals surface area contributed by atoms with Crippen LogP contribution in [0.4, 0.5) is 0 Å². The minimum Gasteiger partial charge on any atom is -0.479 e. The fraction of sp³-hybridized carbons (Fsp3) is 0.348. The molecule has 154 valence electrons. The summed E-state index contributed by atoms with van der Waals surface area (Å²) in [6.45, 7) is 4.04. The van der Waals surface area contributed by atoms with Gasteiger partial charge in [-0.05, 0) is 62.8 Å². The van der Waals surface area contributed by atoms with Gasteiger partial charge < -0.3 is 9.84 Å². The summed E-state index contributed by atoms with van der Waals surface area (Å²) in [5.74, 6) is -0.985. The van der Waals surface area contributed by atoms with Crippen molar-refractivity contribution in [1.29, 1.82) is 0 Å². The van der Waals surface area contributed by atoms with Crippen molar-refractivity contribution in [2.45, 2.75) is 45.6 Å². The Morgan fingerprint density at radius 3 is 2.93 bits per heavy atom. The smallest absolute Gasteiger partial charge is 0.337 e. The Morgan fingerprint density at radius 2 is 2.13 bits per heavy atom. The van der Waals surface area contributed by atoms with Crippen LogP contribution in [0.15, 0.2) is 23.7 Å². The van der Waals surface area contributed by atoms with Crippen molar-refractivity contribution in [2.24, 2.45) is 0 Å². The third-order valence-electron chi connectivity index (χ3n) is 5.77. The maximum absolute atomic E-state index is 12.2. The van der Waals surface area contributed by atoms with Gasteiger partial charge in [0.15, 0.2) is 6.10 Å². The van der Waals surface area contributed by atoms with Gasteiger partial charge in [0.2, 0.25) is 0 Å². The molecule has 0 amide bonds. The van der Waals surface area contributed by atoms with Crippen LogP contribution in [0.5, 0.6) is 0 Å². The van der Waals surface area contributed by atoms with Crippen molar-refractivity contribution in [2.75, 3.05) is 6.61 Å². The van der Waals surface area contributed by atoms with Gasteiger partial charge in [-0.3, -0.25) is 0 Å². The average molecular weight is 439 g/mol. The zero-order chi connectivity index (χ0) is 20.8. The zero-order valence-corrected chi connectivity index (χ0v) is 18.5. The number of rotatable bonds is 5. The second-order valence-electron chi connectivity index (χ2n) is 7.59. The minimum atomic E-state index is -1.05. The van der Waals surface area contributed by atoms with Crippen LogP contribution in [-0.2, 0) is 22.4 Å². The number of fused-ring (bicyclic) bond motifs is 4. The molecule has 0 spiro atoms. The molecule has 3 aromatic heterocycles. The van der Waals surface area contributed by atoms with E-state index in [-0.39, 0.29) is 0 Å². The minimum absolute atomic E-state index is 0.320. The first kappa shape index (κ1) is 19.6. The Morgan fingerprint density at radius 1 is 1.30 bits per heavy atom. The Balaban J connectivity index is 1.89. The number of hydrogen-bond acceptors (Lipinski definition) is 6. The molecule has 30 heavy (non-hydrogen) atoms. The van der Waals surface area contributed by atoms with E-state index in [4.69, 9.17) is 9.72 Å². The molecule has 1 atom stereocenters. The number of pyridine rings is 1. The molecule has 1 aliphatic carbocycles. The van der Waals surface area contributed by atoms with Gasteiger partial charge in [0.1, 0.15) is 4.83 Å². The normalized spacial score (nSPS) is 14.9. The summed E-state index contributed by atoms with van der Waals surface area (Å²) < 4.78 is 6.84. The molecule has 7 heteroatoms. The lowest BCUT2D eigenvalue weighted by Crippen LogP contribution is -2.18.